The lowest BCUT2D eigenvalue weighted by Crippen LogP contribution is -2.45. The van der Waals surface area contributed by atoms with E-state index in [0.717, 1.165) is 53.0 Å². The zero-order valence-electron chi connectivity index (χ0n) is 14.0. The van der Waals surface area contributed by atoms with E-state index < -0.39 is 0 Å². The number of hydrogen-bond acceptors (Lipinski definition) is 5. The topological polar surface area (TPSA) is 37.4 Å². The second-order valence-electron chi connectivity index (χ2n) is 6.09. The molecule has 1 aliphatic rings. The molecule has 3 aromatic rings. The summed E-state index contributed by atoms with van der Waals surface area (Å²) in [7, 11) is 1.71. The maximum absolute atomic E-state index is 6.32. The summed E-state index contributed by atoms with van der Waals surface area (Å²) in [5.41, 5.74) is 2.12. The standard InChI is InChI=1S/C19H20ClN3OS/c1-24-16-7-6-13(20)12-14(16)18(23-10-8-21-9-11-23)19-22-15-4-2-3-5-17(15)25-19/h2-7,12,18,21H,8-11H2,1H3. The van der Waals surface area contributed by atoms with Crippen molar-refractivity contribution in [3.63, 3.8) is 0 Å². The molecule has 0 saturated carbocycles. The lowest BCUT2D eigenvalue weighted by atomic mass is 10.0. The third kappa shape index (κ3) is 3.37. The molecule has 1 atom stereocenters. The second kappa shape index (κ2) is 7.30. The first-order valence-corrected chi connectivity index (χ1v) is 9.59. The molecule has 0 amide bonds. The van der Waals surface area contributed by atoms with Crippen LogP contribution in [-0.4, -0.2) is 43.2 Å². The Kier molecular flexibility index (Phi) is 4.90. The molecule has 0 spiro atoms. The van der Waals surface area contributed by atoms with E-state index in [9.17, 15) is 0 Å². The smallest absolute Gasteiger partial charge is 0.124 e. The first-order valence-electron chi connectivity index (χ1n) is 8.40. The van der Waals surface area contributed by atoms with Gasteiger partial charge in [0.25, 0.3) is 0 Å². The van der Waals surface area contributed by atoms with Gasteiger partial charge in [-0.2, -0.15) is 0 Å². The van der Waals surface area contributed by atoms with E-state index in [4.69, 9.17) is 21.3 Å². The highest BCUT2D eigenvalue weighted by Crippen LogP contribution is 2.39. The van der Waals surface area contributed by atoms with E-state index in [1.165, 1.54) is 4.70 Å². The summed E-state index contributed by atoms with van der Waals surface area (Å²) in [5.74, 6) is 0.854. The molecule has 25 heavy (non-hydrogen) atoms. The first-order chi connectivity index (χ1) is 12.3. The number of para-hydroxylation sites is 1. The molecule has 1 unspecified atom stereocenters. The zero-order chi connectivity index (χ0) is 17.2. The molecule has 1 saturated heterocycles. The Hall–Kier alpha value is -1.66. The van der Waals surface area contributed by atoms with Crippen molar-refractivity contribution in [3.05, 3.63) is 58.1 Å². The van der Waals surface area contributed by atoms with Crippen LogP contribution < -0.4 is 10.1 Å². The molecule has 0 aliphatic carbocycles. The highest BCUT2D eigenvalue weighted by Gasteiger charge is 2.29. The van der Waals surface area contributed by atoms with Gasteiger partial charge in [-0.1, -0.05) is 23.7 Å². The fourth-order valence-corrected chi connectivity index (χ4v) is 4.65. The molecule has 2 aromatic carbocycles. The summed E-state index contributed by atoms with van der Waals surface area (Å²) in [6.07, 6.45) is 0. The van der Waals surface area contributed by atoms with Crippen molar-refractivity contribution < 1.29 is 4.74 Å². The molecule has 1 aromatic heterocycles. The van der Waals surface area contributed by atoms with Crippen molar-refractivity contribution in [2.45, 2.75) is 6.04 Å². The predicted molar refractivity (Wildman–Crippen MR) is 104 cm³/mol. The van der Waals surface area contributed by atoms with E-state index in [0.29, 0.717) is 0 Å². The summed E-state index contributed by atoms with van der Waals surface area (Å²) >= 11 is 8.07. The summed E-state index contributed by atoms with van der Waals surface area (Å²) in [6.45, 7) is 3.89. The van der Waals surface area contributed by atoms with Crippen LogP contribution in [0.25, 0.3) is 10.2 Å². The van der Waals surface area contributed by atoms with Gasteiger partial charge in [-0.3, -0.25) is 4.90 Å². The van der Waals surface area contributed by atoms with Crippen LogP contribution in [0.1, 0.15) is 16.6 Å². The number of aromatic nitrogens is 1. The molecule has 1 N–H and O–H groups in total. The summed E-state index contributed by atoms with van der Waals surface area (Å²) in [4.78, 5) is 7.39. The molecule has 1 aliphatic heterocycles. The fraction of sp³-hybridized carbons (Fsp3) is 0.316. The highest BCUT2D eigenvalue weighted by molar-refractivity contribution is 7.18. The molecule has 1 fully saturated rings. The lowest BCUT2D eigenvalue weighted by molar-refractivity contribution is 0.195. The third-order valence-electron chi connectivity index (χ3n) is 4.55. The van der Waals surface area contributed by atoms with E-state index in [1.807, 2.05) is 24.3 Å². The maximum Gasteiger partial charge on any atom is 0.124 e. The Morgan fingerprint density at radius 3 is 2.76 bits per heavy atom. The number of nitrogens with one attached hydrogen (secondary N) is 1. The van der Waals surface area contributed by atoms with Gasteiger partial charge in [-0.15, -0.1) is 11.3 Å². The summed E-state index contributed by atoms with van der Waals surface area (Å²) < 4.78 is 6.85. The quantitative estimate of drug-likeness (QED) is 0.751. The minimum atomic E-state index is 0.0492. The maximum atomic E-state index is 6.32. The molecule has 130 valence electrons. The van der Waals surface area contributed by atoms with Crippen LogP contribution in [-0.2, 0) is 0 Å². The first kappa shape index (κ1) is 16.8. The van der Waals surface area contributed by atoms with E-state index >= 15 is 0 Å². The Morgan fingerprint density at radius 2 is 2.00 bits per heavy atom. The molecular formula is C19H20ClN3OS. The molecule has 2 heterocycles. The number of hydrogen-bond donors (Lipinski definition) is 1. The van der Waals surface area contributed by atoms with Crippen molar-refractivity contribution in [3.8, 4) is 5.75 Å². The van der Waals surface area contributed by atoms with Crippen molar-refractivity contribution in [2.75, 3.05) is 33.3 Å². The van der Waals surface area contributed by atoms with Crippen molar-refractivity contribution in [1.29, 1.82) is 0 Å². The summed E-state index contributed by atoms with van der Waals surface area (Å²) in [6, 6.07) is 14.2. The van der Waals surface area contributed by atoms with Gasteiger partial charge in [0.15, 0.2) is 0 Å². The average molecular weight is 374 g/mol. The number of methoxy groups -OCH3 is 1. The van der Waals surface area contributed by atoms with E-state index in [-0.39, 0.29) is 6.04 Å². The largest absolute Gasteiger partial charge is 0.496 e. The lowest BCUT2D eigenvalue weighted by Gasteiger charge is -2.34. The average Bonchev–Trinajstić information content (AvgIpc) is 3.06. The SMILES string of the molecule is COc1ccc(Cl)cc1C(c1nc2ccccc2s1)N1CCNCC1. The number of rotatable bonds is 4. The van der Waals surface area contributed by atoms with Crippen LogP contribution >= 0.6 is 22.9 Å². The zero-order valence-corrected chi connectivity index (χ0v) is 15.6. The van der Waals surface area contributed by atoms with Crippen LogP contribution in [0.5, 0.6) is 5.75 Å². The van der Waals surface area contributed by atoms with Crippen molar-refractivity contribution in [1.82, 2.24) is 15.2 Å². The third-order valence-corrected chi connectivity index (χ3v) is 5.87. The Labute approximate surface area is 156 Å². The number of thiazole rings is 1. The Morgan fingerprint density at radius 1 is 1.20 bits per heavy atom. The van der Waals surface area contributed by atoms with Crippen molar-refractivity contribution >= 4 is 33.2 Å². The van der Waals surface area contributed by atoms with Gasteiger partial charge in [0.2, 0.25) is 0 Å². The van der Waals surface area contributed by atoms with Gasteiger partial charge in [0.05, 0.1) is 23.4 Å². The number of fused-ring (bicyclic) bond motifs is 1. The van der Waals surface area contributed by atoms with Gasteiger partial charge >= 0.3 is 0 Å². The van der Waals surface area contributed by atoms with Crippen LogP contribution in [0.3, 0.4) is 0 Å². The highest BCUT2D eigenvalue weighted by atomic mass is 35.5. The van der Waals surface area contributed by atoms with Crippen molar-refractivity contribution in [2.24, 2.45) is 0 Å². The fourth-order valence-electron chi connectivity index (χ4n) is 3.35. The Balaban J connectivity index is 1.85. The number of benzene rings is 2. The number of nitrogens with zero attached hydrogens (tertiary/aromatic N) is 2. The predicted octanol–water partition coefficient (Wildman–Crippen LogP) is 3.95. The summed E-state index contributed by atoms with van der Waals surface area (Å²) in [5, 5.41) is 5.23. The molecule has 4 nitrogen and oxygen atoms in total. The van der Waals surface area contributed by atoms with Gasteiger partial charge in [-0.05, 0) is 30.3 Å². The minimum Gasteiger partial charge on any atom is -0.496 e. The number of ether oxygens (including phenoxy) is 1. The van der Waals surface area contributed by atoms with Crippen LogP contribution in [0.4, 0.5) is 0 Å². The van der Waals surface area contributed by atoms with Gasteiger partial charge < -0.3 is 10.1 Å². The molecule has 0 bridgehead atoms. The molecule has 4 rings (SSSR count). The number of piperazine rings is 1. The van der Waals surface area contributed by atoms with Gasteiger partial charge in [-0.25, -0.2) is 4.98 Å². The molecule has 6 heteroatoms. The van der Waals surface area contributed by atoms with Crippen LogP contribution in [0.2, 0.25) is 5.02 Å². The van der Waals surface area contributed by atoms with Gasteiger partial charge in [0.1, 0.15) is 10.8 Å². The number of halogens is 1. The van der Waals surface area contributed by atoms with Gasteiger partial charge in [0, 0.05) is 36.8 Å². The molecule has 0 radical (unpaired) electrons. The second-order valence-corrected chi connectivity index (χ2v) is 7.59. The Bertz CT molecular complexity index is 843. The normalized spacial score (nSPS) is 16.9. The van der Waals surface area contributed by atoms with Crippen LogP contribution in [0.15, 0.2) is 42.5 Å². The van der Waals surface area contributed by atoms with E-state index in [2.05, 4.69) is 28.4 Å². The molecular weight excluding hydrogens is 354 g/mol. The van der Waals surface area contributed by atoms with E-state index in [1.54, 1.807) is 18.4 Å². The van der Waals surface area contributed by atoms with Crippen LogP contribution in [0, 0.1) is 0 Å². The monoisotopic (exact) mass is 373 g/mol. The minimum absolute atomic E-state index is 0.0492.